The average Bonchev–Trinajstić information content (AvgIpc) is 3.36. The first-order chi connectivity index (χ1) is 19.6. The van der Waals surface area contributed by atoms with Crippen molar-refractivity contribution in [2.75, 3.05) is 0 Å². The summed E-state index contributed by atoms with van der Waals surface area (Å²) in [6.07, 6.45) is 6.34. The summed E-state index contributed by atoms with van der Waals surface area (Å²) in [7, 11) is -3.82. The smallest absolute Gasteiger partial charge is 0.206 e. The van der Waals surface area contributed by atoms with Gasteiger partial charge in [-0.3, -0.25) is 0 Å². The number of sulfone groups is 1. The first-order valence-electron chi connectivity index (χ1n) is 13.5. The fourth-order valence-electron chi connectivity index (χ4n) is 5.74. The molecule has 1 aromatic heterocycles. The molecule has 1 heterocycles. The highest BCUT2D eigenvalue weighted by Crippen LogP contribution is 2.36. The lowest BCUT2D eigenvalue weighted by Crippen LogP contribution is -2.05. The normalized spacial score (nSPS) is 12.9. The molecule has 0 bridgehead atoms. The maximum Gasteiger partial charge on any atom is 0.206 e. The van der Waals surface area contributed by atoms with Gasteiger partial charge in [-0.1, -0.05) is 91.0 Å². The molecule has 0 unspecified atom stereocenters. The molecule has 40 heavy (non-hydrogen) atoms. The van der Waals surface area contributed by atoms with Crippen LogP contribution in [0.1, 0.15) is 17.7 Å². The van der Waals surface area contributed by atoms with E-state index in [1.165, 1.54) is 10.9 Å². The van der Waals surface area contributed by atoms with Gasteiger partial charge in [-0.2, -0.15) is 0 Å². The third-order valence-electron chi connectivity index (χ3n) is 7.67. The second-order valence-electron chi connectivity index (χ2n) is 10.1. The molecule has 0 saturated heterocycles. The fraction of sp³-hybridized carbons (Fsp3) is 0.0556. The van der Waals surface area contributed by atoms with E-state index in [9.17, 15) is 8.42 Å². The van der Waals surface area contributed by atoms with Gasteiger partial charge in [0.2, 0.25) is 9.84 Å². The van der Waals surface area contributed by atoms with Crippen LogP contribution in [-0.4, -0.2) is 13.0 Å². The number of benzene rings is 5. The molecule has 1 aliphatic carbocycles. The molecule has 4 heteroatoms. The van der Waals surface area contributed by atoms with Crippen molar-refractivity contribution in [3.63, 3.8) is 0 Å². The van der Waals surface area contributed by atoms with E-state index in [4.69, 9.17) is 0 Å². The summed E-state index contributed by atoms with van der Waals surface area (Å²) in [5.74, 6) is 0. The van der Waals surface area contributed by atoms with Gasteiger partial charge >= 0.3 is 0 Å². The average molecular weight is 538 g/mol. The van der Waals surface area contributed by atoms with Gasteiger partial charge < -0.3 is 4.57 Å². The van der Waals surface area contributed by atoms with Gasteiger partial charge in [0.15, 0.2) is 0 Å². The van der Waals surface area contributed by atoms with Crippen LogP contribution in [0, 0.1) is 0 Å². The standard InChI is InChI=1S/C36H27NO2S/c38-40(39,32-23-28(26-12-3-1-4-13-26)22-29(24-32)27-14-5-2-6-15-27)31-17-11-16-30(25-31)37-35-20-9-7-18-33(35)34-19-8-10-21-36(34)37/h1-7,9-18,20-25H,8,19H2. The van der Waals surface area contributed by atoms with Gasteiger partial charge in [0.25, 0.3) is 0 Å². The molecule has 0 atom stereocenters. The molecule has 0 fully saturated rings. The summed E-state index contributed by atoms with van der Waals surface area (Å²) in [4.78, 5) is 0.560. The molecule has 0 saturated carbocycles. The molecular formula is C36H27NO2S. The van der Waals surface area contributed by atoms with E-state index in [-0.39, 0.29) is 9.79 Å². The van der Waals surface area contributed by atoms with E-state index in [2.05, 4.69) is 41.0 Å². The molecule has 0 radical (unpaired) electrons. The lowest BCUT2D eigenvalue weighted by atomic mass is 9.99. The van der Waals surface area contributed by atoms with Crippen molar-refractivity contribution in [1.29, 1.82) is 0 Å². The molecule has 6 aromatic rings. The number of nitrogens with zero attached hydrogens (tertiary/aromatic N) is 1. The first-order valence-corrected chi connectivity index (χ1v) is 15.0. The minimum atomic E-state index is -3.82. The van der Waals surface area contributed by atoms with Crippen molar-refractivity contribution in [2.24, 2.45) is 0 Å². The molecule has 0 spiro atoms. The second kappa shape index (κ2) is 9.82. The zero-order chi connectivity index (χ0) is 27.1. The van der Waals surface area contributed by atoms with Crippen LogP contribution in [0.2, 0.25) is 0 Å². The zero-order valence-corrected chi connectivity index (χ0v) is 22.7. The van der Waals surface area contributed by atoms with Crippen LogP contribution < -0.4 is 0 Å². The molecule has 0 N–H and O–H groups in total. The minimum absolute atomic E-state index is 0.278. The van der Waals surface area contributed by atoms with Gasteiger partial charge in [0.1, 0.15) is 0 Å². The fourth-order valence-corrected chi connectivity index (χ4v) is 7.11. The molecule has 194 valence electrons. The molecule has 5 aromatic carbocycles. The lowest BCUT2D eigenvalue weighted by molar-refractivity contribution is 0.596. The van der Waals surface area contributed by atoms with Gasteiger partial charge in [-0.05, 0) is 89.2 Å². The van der Waals surface area contributed by atoms with Crippen molar-refractivity contribution in [2.45, 2.75) is 22.6 Å². The monoisotopic (exact) mass is 537 g/mol. The number of para-hydroxylation sites is 1. The number of aryl methyl sites for hydroxylation is 1. The predicted molar refractivity (Wildman–Crippen MR) is 163 cm³/mol. The number of hydrogen-bond donors (Lipinski definition) is 0. The summed E-state index contributed by atoms with van der Waals surface area (Å²) in [6.45, 7) is 0. The van der Waals surface area contributed by atoms with Crippen molar-refractivity contribution < 1.29 is 8.42 Å². The number of fused-ring (bicyclic) bond motifs is 3. The number of rotatable bonds is 5. The van der Waals surface area contributed by atoms with E-state index in [0.717, 1.165) is 52.0 Å². The summed E-state index contributed by atoms with van der Waals surface area (Å²) >= 11 is 0. The van der Waals surface area contributed by atoms with E-state index in [1.807, 2.05) is 84.9 Å². The highest BCUT2D eigenvalue weighted by Gasteiger charge is 2.23. The highest BCUT2D eigenvalue weighted by atomic mass is 32.2. The minimum Gasteiger partial charge on any atom is -0.310 e. The Bertz CT molecular complexity index is 1950. The molecule has 7 rings (SSSR count). The largest absolute Gasteiger partial charge is 0.310 e. The Balaban J connectivity index is 1.40. The van der Waals surface area contributed by atoms with Crippen LogP contribution in [-0.2, 0) is 16.3 Å². The van der Waals surface area contributed by atoms with Crippen molar-refractivity contribution in [3.05, 3.63) is 145 Å². The van der Waals surface area contributed by atoms with E-state index >= 15 is 0 Å². The highest BCUT2D eigenvalue weighted by molar-refractivity contribution is 7.91. The Labute approximate surface area is 234 Å². The molecule has 1 aliphatic rings. The van der Waals surface area contributed by atoms with Gasteiger partial charge in [0.05, 0.1) is 15.3 Å². The maximum absolute atomic E-state index is 14.3. The quantitative estimate of drug-likeness (QED) is 0.220. The van der Waals surface area contributed by atoms with E-state index in [0.29, 0.717) is 0 Å². The van der Waals surface area contributed by atoms with Crippen LogP contribution in [0.3, 0.4) is 0 Å². The lowest BCUT2D eigenvalue weighted by Gasteiger charge is -2.15. The molecular weight excluding hydrogens is 510 g/mol. The Morgan fingerprint density at radius 1 is 0.575 bits per heavy atom. The third-order valence-corrected chi connectivity index (χ3v) is 9.40. The Hall–Kier alpha value is -4.67. The Kier molecular flexibility index (Phi) is 5.98. The number of aromatic nitrogens is 1. The topological polar surface area (TPSA) is 39.1 Å². The summed E-state index contributed by atoms with van der Waals surface area (Å²) < 4.78 is 30.7. The van der Waals surface area contributed by atoms with Gasteiger partial charge in [-0.15, -0.1) is 0 Å². The van der Waals surface area contributed by atoms with E-state index < -0.39 is 9.84 Å². The Morgan fingerprint density at radius 3 is 1.93 bits per heavy atom. The van der Waals surface area contributed by atoms with Crippen LogP contribution in [0.4, 0.5) is 0 Å². The molecule has 0 amide bonds. The van der Waals surface area contributed by atoms with Crippen molar-refractivity contribution in [1.82, 2.24) is 4.57 Å². The van der Waals surface area contributed by atoms with Crippen molar-refractivity contribution in [3.8, 4) is 27.9 Å². The van der Waals surface area contributed by atoms with Crippen LogP contribution in [0.25, 0.3) is 44.9 Å². The van der Waals surface area contributed by atoms with Crippen molar-refractivity contribution >= 4 is 26.8 Å². The van der Waals surface area contributed by atoms with Crippen LogP contribution in [0.5, 0.6) is 0 Å². The predicted octanol–water partition coefficient (Wildman–Crippen LogP) is 8.76. The summed E-state index contributed by atoms with van der Waals surface area (Å²) in [6, 6.07) is 41.2. The summed E-state index contributed by atoms with van der Waals surface area (Å²) in [5.41, 5.74) is 8.05. The summed E-state index contributed by atoms with van der Waals surface area (Å²) in [5, 5.41) is 1.22. The molecule has 3 nitrogen and oxygen atoms in total. The third kappa shape index (κ3) is 4.18. The zero-order valence-electron chi connectivity index (χ0n) is 21.9. The maximum atomic E-state index is 14.3. The van der Waals surface area contributed by atoms with Gasteiger partial charge in [0, 0.05) is 16.8 Å². The van der Waals surface area contributed by atoms with Crippen LogP contribution in [0.15, 0.2) is 143 Å². The Morgan fingerprint density at radius 2 is 1.23 bits per heavy atom. The van der Waals surface area contributed by atoms with Crippen LogP contribution >= 0.6 is 0 Å². The van der Waals surface area contributed by atoms with Gasteiger partial charge in [-0.25, -0.2) is 8.42 Å². The van der Waals surface area contributed by atoms with E-state index in [1.54, 1.807) is 18.2 Å². The second-order valence-corrected chi connectivity index (χ2v) is 12.1. The number of allylic oxidation sites excluding steroid dienone is 1. The first kappa shape index (κ1) is 24.4. The molecule has 0 aliphatic heterocycles. The SMILES string of the molecule is O=S(=O)(c1cc(-c2ccccc2)cc(-c2ccccc2)c1)c1cccc(-n2c3c(c4ccccc42)CCC=C3)c1. The number of hydrogen-bond acceptors (Lipinski definition) is 2.